The number of hydrogen-bond acceptors (Lipinski definition) is 4. The Kier molecular flexibility index (Phi) is 4.31. The van der Waals surface area contributed by atoms with Crippen LogP contribution in [-0.2, 0) is 6.42 Å². The highest BCUT2D eigenvalue weighted by Crippen LogP contribution is 2.28. The van der Waals surface area contributed by atoms with Crippen LogP contribution >= 0.6 is 11.3 Å². The lowest BCUT2D eigenvalue weighted by molar-refractivity contribution is 0.0995. The number of fused-ring (bicyclic) bond motifs is 1. The van der Waals surface area contributed by atoms with Gasteiger partial charge in [0.2, 0.25) is 0 Å². The monoisotopic (exact) mass is 362 g/mol. The van der Waals surface area contributed by atoms with Gasteiger partial charge in [0, 0.05) is 11.8 Å². The Labute approximate surface area is 155 Å². The molecule has 0 radical (unpaired) electrons. The van der Waals surface area contributed by atoms with Gasteiger partial charge in [0.15, 0.2) is 5.78 Å². The summed E-state index contributed by atoms with van der Waals surface area (Å²) in [6.45, 7) is 2.04. The molecular formula is C21H18N2O2S. The Morgan fingerprint density at radius 2 is 1.96 bits per heavy atom. The first kappa shape index (κ1) is 16.5. The first-order valence-electron chi connectivity index (χ1n) is 8.34. The maximum Gasteiger partial charge on any atom is 0.178 e. The number of imidazole rings is 1. The number of carbonyl (C=O) groups is 1. The summed E-state index contributed by atoms with van der Waals surface area (Å²) < 4.78 is 7.27. The second kappa shape index (κ2) is 6.77. The molecule has 5 heteroatoms. The Hall–Kier alpha value is -2.92. The van der Waals surface area contributed by atoms with E-state index in [4.69, 9.17) is 9.72 Å². The number of aryl methyl sites for hydroxylation is 1. The molecule has 3 aromatic heterocycles. The number of hydrogen-bond donors (Lipinski definition) is 0. The van der Waals surface area contributed by atoms with E-state index >= 15 is 0 Å². The largest absolute Gasteiger partial charge is 0.497 e. The van der Waals surface area contributed by atoms with E-state index in [1.54, 1.807) is 7.11 Å². The van der Waals surface area contributed by atoms with E-state index < -0.39 is 0 Å². The minimum atomic E-state index is 0.109. The van der Waals surface area contributed by atoms with Crippen molar-refractivity contribution >= 4 is 22.8 Å². The minimum Gasteiger partial charge on any atom is -0.497 e. The van der Waals surface area contributed by atoms with E-state index in [1.165, 1.54) is 11.3 Å². The fourth-order valence-electron chi connectivity index (χ4n) is 3.02. The van der Waals surface area contributed by atoms with Crippen LogP contribution in [-0.4, -0.2) is 22.3 Å². The van der Waals surface area contributed by atoms with Crippen molar-refractivity contribution in [2.24, 2.45) is 0 Å². The van der Waals surface area contributed by atoms with Gasteiger partial charge in [0.25, 0.3) is 0 Å². The van der Waals surface area contributed by atoms with Crippen molar-refractivity contribution in [3.8, 4) is 17.0 Å². The average molecular weight is 362 g/mol. The van der Waals surface area contributed by atoms with E-state index in [2.05, 4.69) is 0 Å². The molecule has 4 aromatic rings. The average Bonchev–Trinajstić information content (AvgIpc) is 3.31. The molecule has 0 saturated carbocycles. The summed E-state index contributed by atoms with van der Waals surface area (Å²) in [6, 6.07) is 15.6. The molecule has 26 heavy (non-hydrogen) atoms. The molecule has 0 unspecified atom stereocenters. The number of thiophene rings is 1. The van der Waals surface area contributed by atoms with Crippen LogP contribution < -0.4 is 4.74 Å². The molecule has 0 bridgehead atoms. The van der Waals surface area contributed by atoms with Gasteiger partial charge >= 0.3 is 0 Å². The molecule has 3 heterocycles. The van der Waals surface area contributed by atoms with Crippen LogP contribution in [0.3, 0.4) is 0 Å². The van der Waals surface area contributed by atoms with Crippen LogP contribution in [0.25, 0.3) is 16.9 Å². The normalized spacial score (nSPS) is 11.0. The number of benzene rings is 1. The lowest BCUT2D eigenvalue weighted by Gasteiger charge is -2.06. The number of carbonyl (C=O) groups excluding carboxylic acids is 1. The summed E-state index contributed by atoms with van der Waals surface area (Å²) in [4.78, 5) is 18.3. The van der Waals surface area contributed by atoms with Crippen molar-refractivity contribution in [2.75, 3.05) is 7.11 Å². The van der Waals surface area contributed by atoms with Crippen molar-refractivity contribution in [3.05, 3.63) is 76.2 Å². The van der Waals surface area contributed by atoms with Gasteiger partial charge in [-0.1, -0.05) is 12.1 Å². The molecule has 0 aliphatic rings. The van der Waals surface area contributed by atoms with E-state index in [1.807, 2.05) is 71.4 Å². The summed E-state index contributed by atoms with van der Waals surface area (Å²) >= 11 is 1.47. The SMILES string of the molecule is COc1ccc(-c2nc3ccc(C)cn3c2CC(=O)c2cccs2)cc1. The predicted molar refractivity (Wildman–Crippen MR) is 104 cm³/mol. The zero-order valence-corrected chi connectivity index (χ0v) is 15.4. The van der Waals surface area contributed by atoms with Gasteiger partial charge in [0.05, 0.1) is 29.8 Å². The Bertz CT molecular complexity index is 1060. The molecule has 0 amide bonds. The number of ether oxygens (including phenoxy) is 1. The minimum absolute atomic E-state index is 0.109. The van der Waals surface area contributed by atoms with Gasteiger partial charge in [-0.3, -0.25) is 4.79 Å². The predicted octanol–water partition coefficient (Wildman–Crippen LogP) is 4.81. The molecule has 4 rings (SSSR count). The quantitative estimate of drug-likeness (QED) is 0.479. The zero-order valence-electron chi connectivity index (χ0n) is 14.6. The summed E-state index contributed by atoms with van der Waals surface area (Å²) in [6.07, 6.45) is 2.35. The van der Waals surface area contributed by atoms with Crippen LogP contribution in [0.15, 0.2) is 60.1 Å². The molecule has 0 atom stereocenters. The number of nitrogens with zero attached hydrogens (tertiary/aromatic N) is 2. The Balaban J connectivity index is 1.84. The Morgan fingerprint density at radius 1 is 1.15 bits per heavy atom. The summed E-state index contributed by atoms with van der Waals surface area (Å²) in [5.74, 6) is 0.905. The van der Waals surface area contributed by atoms with Gasteiger partial charge in [-0.15, -0.1) is 11.3 Å². The summed E-state index contributed by atoms with van der Waals surface area (Å²) in [7, 11) is 1.65. The molecule has 130 valence electrons. The second-order valence-electron chi connectivity index (χ2n) is 6.15. The van der Waals surface area contributed by atoms with E-state index in [0.717, 1.165) is 38.8 Å². The van der Waals surface area contributed by atoms with E-state index in [-0.39, 0.29) is 5.78 Å². The number of rotatable bonds is 5. The van der Waals surface area contributed by atoms with Gasteiger partial charge in [0.1, 0.15) is 11.4 Å². The van der Waals surface area contributed by atoms with Crippen LogP contribution in [0.5, 0.6) is 5.75 Å². The Morgan fingerprint density at radius 3 is 2.65 bits per heavy atom. The fourth-order valence-corrected chi connectivity index (χ4v) is 3.69. The molecule has 0 aliphatic carbocycles. The van der Waals surface area contributed by atoms with Crippen LogP contribution in [0.1, 0.15) is 20.9 Å². The summed E-state index contributed by atoms with van der Waals surface area (Å²) in [5, 5.41) is 1.93. The maximum absolute atomic E-state index is 12.7. The fraction of sp³-hybridized carbons (Fsp3) is 0.143. The standard InChI is InChI=1S/C21H18N2O2S/c1-14-5-10-20-22-21(15-6-8-16(25-2)9-7-15)17(23(20)13-14)12-18(24)19-4-3-11-26-19/h3-11,13H,12H2,1-2H3. The molecule has 0 N–H and O–H groups in total. The zero-order chi connectivity index (χ0) is 18.1. The van der Waals surface area contributed by atoms with Gasteiger partial charge < -0.3 is 9.14 Å². The highest BCUT2D eigenvalue weighted by molar-refractivity contribution is 7.12. The highest BCUT2D eigenvalue weighted by Gasteiger charge is 2.18. The van der Waals surface area contributed by atoms with Crippen molar-refractivity contribution in [1.29, 1.82) is 0 Å². The van der Waals surface area contributed by atoms with Crippen LogP contribution in [0.2, 0.25) is 0 Å². The first-order valence-corrected chi connectivity index (χ1v) is 9.22. The van der Waals surface area contributed by atoms with E-state index in [9.17, 15) is 4.79 Å². The number of methoxy groups -OCH3 is 1. The third kappa shape index (κ3) is 3.02. The molecule has 0 spiro atoms. The number of Topliss-reactive ketones (excluding diaryl/α,β-unsaturated/α-hetero) is 1. The van der Waals surface area contributed by atoms with Gasteiger partial charge in [-0.2, -0.15) is 0 Å². The van der Waals surface area contributed by atoms with E-state index in [0.29, 0.717) is 6.42 Å². The van der Waals surface area contributed by atoms with Crippen molar-refractivity contribution < 1.29 is 9.53 Å². The van der Waals surface area contributed by atoms with Gasteiger partial charge in [-0.05, 0) is 54.3 Å². The number of ketones is 1. The number of pyridine rings is 1. The lowest BCUT2D eigenvalue weighted by Crippen LogP contribution is -2.05. The smallest absolute Gasteiger partial charge is 0.178 e. The van der Waals surface area contributed by atoms with Crippen molar-refractivity contribution in [3.63, 3.8) is 0 Å². The van der Waals surface area contributed by atoms with Crippen molar-refractivity contribution in [1.82, 2.24) is 9.38 Å². The molecule has 0 aliphatic heterocycles. The number of aromatic nitrogens is 2. The molecular weight excluding hydrogens is 344 g/mol. The lowest BCUT2D eigenvalue weighted by atomic mass is 10.1. The third-order valence-electron chi connectivity index (χ3n) is 4.35. The topological polar surface area (TPSA) is 43.6 Å². The molecule has 0 fully saturated rings. The second-order valence-corrected chi connectivity index (χ2v) is 7.10. The maximum atomic E-state index is 12.7. The molecule has 4 nitrogen and oxygen atoms in total. The van der Waals surface area contributed by atoms with Crippen LogP contribution in [0, 0.1) is 6.92 Å². The molecule has 0 saturated heterocycles. The highest BCUT2D eigenvalue weighted by atomic mass is 32.1. The first-order chi connectivity index (χ1) is 12.7. The third-order valence-corrected chi connectivity index (χ3v) is 5.26. The summed E-state index contributed by atoms with van der Waals surface area (Å²) in [5.41, 5.74) is 4.69. The van der Waals surface area contributed by atoms with Crippen molar-refractivity contribution in [2.45, 2.75) is 13.3 Å². The van der Waals surface area contributed by atoms with Gasteiger partial charge in [-0.25, -0.2) is 4.98 Å². The van der Waals surface area contributed by atoms with Crippen LogP contribution in [0.4, 0.5) is 0 Å². The molecule has 1 aromatic carbocycles.